The Morgan fingerprint density at radius 3 is 2.31 bits per heavy atom. The first kappa shape index (κ1) is 12.2. The van der Waals surface area contributed by atoms with Gasteiger partial charge < -0.3 is 0 Å². The molecule has 0 unspecified atom stereocenters. The van der Waals surface area contributed by atoms with Crippen molar-refractivity contribution < 1.29 is 0 Å². The Balaban J connectivity index is 2.67. The highest BCUT2D eigenvalue weighted by Gasteiger charge is 2.22. The van der Waals surface area contributed by atoms with Crippen LogP contribution in [0.2, 0.25) is 0 Å². The zero-order valence-electron chi connectivity index (χ0n) is 7.32. The quantitative estimate of drug-likeness (QED) is 0.645. The van der Waals surface area contributed by atoms with Crippen LogP contribution in [0.25, 0.3) is 0 Å². The average molecular weight is 391 g/mol. The van der Waals surface area contributed by atoms with Gasteiger partial charge in [-0.3, -0.25) is 0 Å². The van der Waals surface area contributed by atoms with Gasteiger partial charge in [0.05, 0.1) is 3.79 Å². The Bertz CT molecular complexity index is 266. The van der Waals surface area contributed by atoms with Gasteiger partial charge in [-0.05, 0) is 39.9 Å². The molecule has 0 saturated carbocycles. The summed E-state index contributed by atoms with van der Waals surface area (Å²) in [6.07, 6.45) is 1.12. The summed E-state index contributed by atoms with van der Waals surface area (Å²) in [5.41, 5.74) is 0.324. The van der Waals surface area contributed by atoms with Crippen molar-refractivity contribution in [1.82, 2.24) is 0 Å². The number of halogens is 3. The normalized spacial score (nSPS) is 12.0. The predicted molar refractivity (Wildman–Crippen MR) is 71.4 cm³/mol. The monoisotopic (exact) mass is 388 g/mol. The van der Waals surface area contributed by atoms with Gasteiger partial charge in [0.15, 0.2) is 0 Å². The van der Waals surface area contributed by atoms with E-state index >= 15 is 0 Å². The van der Waals surface area contributed by atoms with Crippen LogP contribution in [0.4, 0.5) is 0 Å². The lowest BCUT2D eigenvalue weighted by molar-refractivity contribution is 0.442. The molecule has 0 saturated heterocycles. The third-order valence-electron chi connectivity index (χ3n) is 1.88. The largest absolute Gasteiger partial charge is 0.133 e. The van der Waals surface area contributed by atoms with E-state index in [1.807, 2.05) is 11.3 Å². The molecule has 1 heterocycles. The van der Waals surface area contributed by atoms with Crippen molar-refractivity contribution in [3.8, 4) is 0 Å². The summed E-state index contributed by atoms with van der Waals surface area (Å²) < 4.78 is 1.22. The fraction of sp³-hybridized carbons (Fsp3) is 0.556. The number of hydrogen-bond donors (Lipinski definition) is 0. The number of thiophene rings is 1. The molecule has 1 aromatic rings. The Labute approximate surface area is 108 Å². The maximum atomic E-state index is 3.56. The van der Waals surface area contributed by atoms with Gasteiger partial charge in [0, 0.05) is 15.5 Å². The van der Waals surface area contributed by atoms with Gasteiger partial charge in [0.25, 0.3) is 0 Å². The highest BCUT2D eigenvalue weighted by molar-refractivity contribution is 9.11. The predicted octanol–water partition coefficient (Wildman–Crippen LogP) is 4.85. The van der Waals surface area contributed by atoms with Crippen LogP contribution in [0.1, 0.15) is 11.8 Å². The average Bonchev–Trinajstić information content (AvgIpc) is 2.51. The molecular weight excluding hydrogens is 380 g/mol. The van der Waals surface area contributed by atoms with Gasteiger partial charge in [-0.25, -0.2) is 0 Å². The summed E-state index contributed by atoms with van der Waals surface area (Å²) in [4.78, 5) is 1.44. The lowest BCUT2D eigenvalue weighted by Crippen LogP contribution is -2.22. The summed E-state index contributed by atoms with van der Waals surface area (Å²) in [6, 6.07) is 4.31. The Morgan fingerprint density at radius 2 is 1.92 bits per heavy atom. The summed E-state index contributed by atoms with van der Waals surface area (Å²) in [5.74, 6) is 0. The minimum Gasteiger partial charge on any atom is -0.133 e. The van der Waals surface area contributed by atoms with Crippen molar-refractivity contribution in [2.75, 3.05) is 10.7 Å². The van der Waals surface area contributed by atoms with Crippen LogP contribution in [0.5, 0.6) is 0 Å². The minimum atomic E-state index is 0.324. The van der Waals surface area contributed by atoms with E-state index in [-0.39, 0.29) is 0 Å². The Morgan fingerprint density at radius 1 is 1.31 bits per heavy atom. The van der Waals surface area contributed by atoms with Gasteiger partial charge in [-0.2, -0.15) is 0 Å². The third-order valence-corrected chi connectivity index (χ3v) is 6.21. The van der Waals surface area contributed by atoms with Crippen molar-refractivity contribution in [1.29, 1.82) is 0 Å². The minimum absolute atomic E-state index is 0.324. The van der Waals surface area contributed by atoms with Gasteiger partial charge in [0.2, 0.25) is 0 Å². The molecule has 0 fully saturated rings. The second kappa shape index (κ2) is 5.29. The van der Waals surface area contributed by atoms with E-state index in [1.165, 1.54) is 8.66 Å². The second-order valence-electron chi connectivity index (χ2n) is 3.46. The molecule has 0 nitrogen and oxygen atoms in total. The Kier molecular flexibility index (Phi) is 4.97. The molecule has 0 N–H and O–H groups in total. The van der Waals surface area contributed by atoms with E-state index in [1.54, 1.807) is 0 Å². The first-order chi connectivity index (χ1) is 6.09. The molecule has 0 spiro atoms. The molecular formula is C9H11Br3S. The molecule has 1 aromatic heterocycles. The number of rotatable bonds is 4. The van der Waals surface area contributed by atoms with Gasteiger partial charge in [-0.1, -0.05) is 38.8 Å². The topological polar surface area (TPSA) is 0 Å². The zero-order valence-corrected chi connectivity index (χ0v) is 12.9. The smallest absolute Gasteiger partial charge is 0.0701 e. The van der Waals surface area contributed by atoms with Crippen molar-refractivity contribution in [2.45, 2.75) is 13.3 Å². The molecule has 4 heteroatoms. The molecule has 1 rings (SSSR count). The van der Waals surface area contributed by atoms with Crippen LogP contribution in [0.15, 0.2) is 15.9 Å². The third kappa shape index (κ3) is 3.65. The van der Waals surface area contributed by atoms with E-state index in [0.717, 1.165) is 17.1 Å². The van der Waals surface area contributed by atoms with Crippen LogP contribution < -0.4 is 0 Å². The summed E-state index contributed by atoms with van der Waals surface area (Å²) >= 11 is 12.4. The van der Waals surface area contributed by atoms with Crippen LogP contribution in [-0.2, 0) is 6.42 Å². The van der Waals surface area contributed by atoms with E-state index < -0.39 is 0 Å². The molecule has 0 aromatic carbocycles. The van der Waals surface area contributed by atoms with Crippen LogP contribution in [0.3, 0.4) is 0 Å². The SMILES string of the molecule is CC(CBr)(CBr)Cc1ccc(Br)s1. The standard InChI is InChI=1S/C9H11Br3S/c1-9(5-10,6-11)4-7-2-3-8(12)13-7/h2-3H,4-6H2,1H3. The van der Waals surface area contributed by atoms with E-state index in [2.05, 4.69) is 66.8 Å². The van der Waals surface area contributed by atoms with Crippen molar-refractivity contribution in [3.05, 3.63) is 20.8 Å². The lowest BCUT2D eigenvalue weighted by atomic mass is 9.91. The highest BCUT2D eigenvalue weighted by Crippen LogP contribution is 2.31. The zero-order chi connectivity index (χ0) is 9.90. The van der Waals surface area contributed by atoms with E-state index in [4.69, 9.17) is 0 Å². The maximum absolute atomic E-state index is 3.56. The van der Waals surface area contributed by atoms with Crippen molar-refractivity contribution in [3.63, 3.8) is 0 Å². The van der Waals surface area contributed by atoms with Gasteiger partial charge in [0.1, 0.15) is 0 Å². The molecule has 13 heavy (non-hydrogen) atoms. The Hall–Kier alpha value is 1.14. The molecule has 0 aliphatic carbocycles. The number of alkyl halides is 2. The van der Waals surface area contributed by atoms with E-state index in [9.17, 15) is 0 Å². The lowest BCUT2D eigenvalue weighted by Gasteiger charge is -2.23. The summed E-state index contributed by atoms with van der Waals surface area (Å²) in [7, 11) is 0. The first-order valence-corrected chi connectivity index (χ1v) is 7.81. The fourth-order valence-electron chi connectivity index (χ4n) is 0.998. The first-order valence-electron chi connectivity index (χ1n) is 3.96. The highest BCUT2D eigenvalue weighted by atomic mass is 79.9. The fourth-order valence-corrected chi connectivity index (χ4v) is 4.02. The van der Waals surface area contributed by atoms with Crippen LogP contribution in [-0.4, -0.2) is 10.7 Å². The molecule has 0 aliphatic rings. The van der Waals surface area contributed by atoms with E-state index in [0.29, 0.717) is 5.41 Å². The molecule has 74 valence electrons. The molecule has 0 bridgehead atoms. The molecule has 0 atom stereocenters. The van der Waals surface area contributed by atoms with Crippen molar-refractivity contribution >= 4 is 59.1 Å². The number of hydrogen-bond acceptors (Lipinski definition) is 1. The van der Waals surface area contributed by atoms with Crippen LogP contribution in [0, 0.1) is 5.41 Å². The molecule has 0 amide bonds. The van der Waals surface area contributed by atoms with Crippen LogP contribution >= 0.6 is 59.1 Å². The van der Waals surface area contributed by atoms with Crippen molar-refractivity contribution in [2.24, 2.45) is 5.41 Å². The second-order valence-corrected chi connectivity index (χ2v) is 7.13. The molecule has 0 radical (unpaired) electrons. The molecule has 0 aliphatic heterocycles. The summed E-state index contributed by atoms with van der Waals surface area (Å²) in [6.45, 7) is 2.28. The van der Waals surface area contributed by atoms with Gasteiger partial charge in [-0.15, -0.1) is 11.3 Å². The maximum Gasteiger partial charge on any atom is 0.0701 e. The summed E-state index contributed by atoms with van der Waals surface area (Å²) in [5, 5.41) is 2.06. The van der Waals surface area contributed by atoms with Gasteiger partial charge >= 0.3 is 0 Å².